The highest BCUT2D eigenvalue weighted by Crippen LogP contribution is 2.29. The quantitative estimate of drug-likeness (QED) is 0.611. The lowest BCUT2D eigenvalue weighted by Crippen LogP contribution is -2.49. The number of piperazine rings is 1. The fraction of sp³-hybridized carbons (Fsp3) is 0.417. The van der Waals surface area contributed by atoms with Crippen molar-refractivity contribution in [1.29, 1.82) is 0 Å². The first-order valence-electron chi connectivity index (χ1n) is 6.05. The van der Waals surface area contributed by atoms with Gasteiger partial charge in [0.1, 0.15) is 5.69 Å². The van der Waals surface area contributed by atoms with Crippen LogP contribution in [0.25, 0.3) is 0 Å². The van der Waals surface area contributed by atoms with Crippen molar-refractivity contribution in [2.75, 3.05) is 24.5 Å². The monoisotopic (exact) mass is 264 g/mol. The molecule has 19 heavy (non-hydrogen) atoms. The molecule has 1 saturated heterocycles. The first-order valence-corrected chi connectivity index (χ1v) is 6.05. The maximum absolute atomic E-state index is 11.1. The Hall–Kier alpha value is -2.15. The number of amides is 1. The molecule has 1 aliphatic rings. The van der Waals surface area contributed by atoms with Crippen molar-refractivity contribution in [2.24, 2.45) is 5.73 Å². The lowest BCUT2D eigenvalue weighted by Gasteiger charge is -2.33. The predicted molar refractivity (Wildman–Crippen MR) is 71.3 cm³/mol. The molecule has 0 radical (unpaired) electrons. The molecule has 1 heterocycles. The summed E-state index contributed by atoms with van der Waals surface area (Å²) in [5.41, 5.74) is 5.75. The van der Waals surface area contributed by atoms with Crippen molar-refractivity contribution in [3.8, 4) is 0 Å². The van der Waals surface area contributed by atoms with E-state index in [9.17, 15) is 14.9 Å². The Morgan fingerprint density at radius 2 is 2.32 bits per heavy atom. The van der Waals surface area contributed by atoms with Gasteiger partial charge in [0.2, 0.25) is 5.91 Å². The Kier molecular flexibility index (Phi) is 3.66. The SMILES string of the molecule is C[C@@H]1CN(c2ccc(C(N)=O)cc2[N+](=O)[O-])CCN1. The van der Waals surface area contributed by atoms with Crippen LogP contribution in [0.2, 0.25) is 0 Å². The first kappa shape index (κ1) is 13.3. The summed E-state index contributed by atoms with van der Waals surface area (Å²) >= 11 is 0. The van der Waals surface area contributed by atoms with Gasteiger partial charge in [-0.2, -0.15) is 0 Å². The summed E-state index contributed by atoms with van der Waals surface area (Å²) < 4.78 is 0. The van der Waals surface area contributed by atoms with Gasteiger partial charge in [-0.15, -0.1) is 0 Å². The number of nitrogens with two attached hydrogens (primary N) is 1. The van der Waals surface area contributed by atoms with Crippen LogP contribution < -0.4 is 16.0 Å². The van der Waals surface area contributed by atoms with Crippen LogP contribution in [-0.2, 0) is 0 Å². The number of nitrogens with one attached hydrogen (secondary N) is 1. The van der Waals surface area contributed by atoms with E-state index in [-0.39, 0.29) is 17.3 Å². The minimum atomic E-state index is -0.664. The molecule has 7 heteroatoms. The third-order valence-electron chi connectivity index (χ3n) is 3.17. The minimum Gasteiger partial charge on any atom is -0.366 e. The van der Waals surface area contributed by atoms with E-state index in [0.29, 0.717) is 18.8 Å². The highest BCUT2D eigenvalue weighted by molar-refractivity contribution is 5.94. The van der Waals surface area contributed by atoms with Crippen LogP contribution in [0.5, 0.6) is 0 Å². The van der Waals surface area contributed by atoms with Gasteiger partial charge < -0.3 is 16.0 Å². The second kappa shape index (κ2) is 5.23. The highest BCUT2D eigenvalue weighted by atomic mass is 16.6. The van der Waals surface area contributed by atoms with Gasteiger partial charge in [-0.1, -0.05) is 0 Å². The Labute approximate surface area is 110 Å². The zero-order valence-electron chi connectivity index (χ0n) is 10.6. The average molecular weight is 264 g/mol. The smallest absolute Gasteiger partial charge is 0.293 e. The lowest BCUT2D eigenvalue weighted by atomic mass is 10.1. The van der Waals surface area contributed by atoms with Crippen LogP contribution >= 0.6 is 0 Å². The molecule has 1 amide bonds. The highest BCUT2D eigenvalue weighted by Gasteiger charge is 2.24. The summed E-state index contributed by atoms with van der Waals surface area (Å²) in [5, 5.41) is 14.4. The van der Waals surface area contributed by atoms with E-state index >= 15 is 0 Å². The van der Waals surface area contributed by atoms with Crippen LogP contribution in [0.15, 0.2) is 18.2 Å². The van der Waals surface area contributed by atoms with Crippen LogP contribution in [-0.4, -0.2) is 36.5 Å². The summed E-state index contributed by atoms with van der Waals surface area (Å²) in [4.78, 5) is 23.7. The van der Waals surface area contributed by atoms with E-state index < -0.39 is 10.8 Å². The second-order valence-corrected chi connectivity index (χ2v) is 4.63. The molecule has 2 rings (SSSR count). The molecule has 0 saturated carbocycles. The molecular weight excluding hydrogens is 248 g/mol. The number of carbonyl (C=O) groups excluding carboxylic acids is 1. The Bertz CT molecular complexity index is 518. The summed E-state index contributed by atoms with van der Waals surface area (Å²) in [7, 11) is 0. The van der Waals surface area contributed by atoms with Crippen LogP contribution in [0, 0.1) is 10.1 Å². The molecule has 1 aromatic rings. The zero-order chi connectivity index (χ0) is 14.0. The van der Waals surface area contributed by atoms with Crippen molar-refractivity contribution in [3.63, 3.8) is 0 Å². The van der Waals surface area contributed by atoms with E-state index in [1.807, 2.05) is 11.8 Å². The van der Waals surface area contributed by atoms with Crippen molar-refractivity contribution in [3.05, 3.63) is 33.9 Å². The lowest BCUT2D eigenvalue weighted by molar-refractivity contribution is -0.384. The van der Waals surface area contributed by atoms with E-state index in [0.717, 1.165) is 6.54 Å². The molecule has 0 spiro atoms. The van der Waals surface area contributed by atoms with Gasteiger partial charge in [0.15, 0.2) is 0 Å². The molecule has 1 aromatic carbocycles. The third kappa shape index (κ3) is 2.82. The van der Waals surface area contributed by atoms with Crippen LogP contribution in [0.3, 0.4) is 0 Å². The number of hydrogen-bond donors (Lipinski definition) is 2. The number of benzene rings is 1. The molecule has 0 bridgehead atoms. The molecule has 0 aromatic heterocycles. The Morgan fingerprint density at radius 3 is 2.89 bits per heavy atom. The minimum absolute atomic E-state index is 0.0783. The van der Waals surface area contributed by atoms with E-state index in [1.54, 1.807) is 6.07 Å². The zero-order valence-corrected chi connectivity index (χ0v) is 10.6. The molecule has 1 fully saturated rings. The van der Waals surface area contributed by atoms with Crippen molar-refractivity contribution >= 4 is 17.3 Å². The third-order valence-corrected chi connectivity index (χ3v) is 3.17. The van der Waals surface area contributed by atoms with Gasteiger partial charge in [0, 0.05) is 37.3 Å². The normalized spacial score (nSPS) is 19.2. The van der Waals surface area contributed by atoms with Crippen molar-refractivity contribution in [2.45, 2.75) is 13.0 Å². The van der Waals surface area contributed by atoms with E-state index in [2.05, 4.69) is 5.32 Å². The molecule has 0 unspecified atom stereocenters. The molecule has 3 N–H and O–H groups in total. The standard InChI is InChI=1S/C12H16N4O3/c1-8-7-15(5-4-14-8)10-3-2-9(12(13)17)6-11(10)16(18)19/h2-3,6,8,14H,4-5,7H2,1H3,(H2,13,17)/t8-/m1/s1. The van der Waals surface area contributed by atoms with Gasteiger partial charge in [0.05, 0.1) is 4.92 Å². The number of nitrogens with zero attached hydrogens (tertiary/aromatic N) is 2. The van der Waals surface area contributed by atoms with E-state index in [4.69, 9.17) is 5.73 Å². The van der Waals surface area contributed by atoms with E-state index in [1.165, 1.54) is 12.1 Å². The van der Waals surface area contributed by atoms with Crippen molar-refractivity contribution in [1.82, 2.24) is 5.32 Å². The number of anilines is 1. The van der Waals surface area contributed by atoms with Gasteiger partial charge >= 0.3 is 0 Å². The number of carbonyl (C=O) groups is 1. The van der Waals surface area contributed by atoms with Gasteiger partial charge in [-0.05, 0) is 19.1 Å². The largest absolute Gasteiger partial charge is 0.366 e. The van der Waals surface area contributed by atoms with Crippen LogP contribution in [0.4, 0.5) is 11.4 Å². The Morgan fingerprint density at radius 1 is 1.58 bits per heavy atom. The molecule has 1 aliphatic heterocycles. The maximum Gasteiger partial charge on any atom is 0.293 e. The number of nitro groups is 1. The fourth-order valence-corrected chi connectivity index (χ4v) is 2.24. The molecule has 102 valence electrons. The summed E-state index contributed by atoms with van der Waals surface area (Å²) in [6, 6.07) is 4.63. The predicted octanol–water partition coefficient (Wildman–Crippen LogP) is 0.492. The maximum atomic E-state index is 11.1. The summed E-state index contributed by atoms with van der Waals surface area (Å²) in [6.45, 7) is 4.18. The Balaban J connectivity index is 2.38. The van der Waals surface area contributed by atoms with Gasteiger partial charge in [-0.3, -0.25) is 14.9 Å². The first-order chi connectivity index (χ1) is 8.99. The van der Waals surface area contributed by atoms with Gasteiger partial charge in [-0.25, -0.2) is 0 Å². The van der Waals surface area contributed by atoms with Gasteiger partial charge in [0.25, 0.3) is 5.69 Å². The topological polar surface area (TPSA) is 102 Å². The number of hydrogen-bond acceptors (Lipinski definition) is 5. The molecule has 0 aliphatic carbocycles. The summed E-state index contributed by atoms with van der Waals surface area (Å²) in [6.07, 6.45) is 0. The fourth-order valence-electron chi connectivity index (χ4n) is 2.24. The van der Waals surface area contributed by atoms with Crippen LogP contribution in [0.1, 0.15) is 17.3 Å². The van der Waals surface area contributed by atoms with Crippen molar-refractivity contribution < 1.29 is 9.72 Å². The molecular formula is C12H16N4O3. The molecule has 7 nitrogen and oxygen atoms in total. The second-order valence-electron chi connectivity index (χ2n) is 4.63. The number of rotatable bonds is 3. The summed E-state index contributed by atoms with van der Waals surface area (Å²) in [5.74, 6) is -0.664. The number of nitro benzene ring substituents is 1. The molecule has 1 atom stereocenters. The average Bonchev–Trinajstić information content (AvgIpc) is 2.37. The number of primary amides is 1.